The molecule has 0 aliphatic heterocycles. The van der Waals surface area contributed by atoms with E-state index in [1.807, 2.05) is 31.2 Å². The molecule has 1 aromatic carbocycles. The minimum absolute atomic E-state index is 0.00247. The highest BCUT2D eigenvalue weighted by atomic mass is 16.2. The van der Waals surface area contributed by atoms with Gasteiger partial charge >= 0.3 is 0 Å². The number of hydrogen-bond donors (Lipinski definition) is 2. The predicted molar refractivity (Wildman–Crippen MR) is 80.9 cm³/mol. The normalized spacial score (nSPS) is 18.2. The summed E-state index contributed by atoms with van der Waals surface area (Å²) in [5, 5.41) is 7.01. The summed E-state index contributed by atoms with van der Waals surface area (Å²) < 4.78 is 0. The summed E-state index contributed by atoms with van der Waals surface area (Å²) in [5.41, 5.74) is 5.07. The van der Waals surface area contributed by atoms with Gasteiger partial charge in [0, 0.05) is 17.5 Å². The fraction of sp³-hybridized carbons (Fsp3) is 0.438. The molecular weight excluding hydrogens is 266 g/mol. The van der Waals surface area contributed by atoms with E-state index in [9.17, 15) is 9.59 Å². The van der Waals surface area contributed by atoms with Crippen molar-refractivity contribution >= 4 is 23.2 Å². The van der Waals surface area contributed by atoms with Crippen LogP contribution in [0.4, 0.5) is 5.69 Å². The van der Waals surface area contributed by atoms with E-state index in [1.165, 1.54) is 0 Å². The zero-order valence-corrected chi connectivity index (χ0v) is 12.1. The summed E-state index contributed by atoms with van der Waals surface area (Å²) in [6.45, 7) is 1.85. The van der Waals surface area contributed by atoms with E-state index in [-0.39, 0.29) is 23.7 Å². The van der Waals surface area contributed by atoms with Gasteiger partial charge in [0.1, 0.15) is 0 Å². The second-order valence-electron chi connectivity index (χ2n) is 5.79. The number of carbonyl (C=O) groups is 2. The van der Waals surface area contributed by atoms with E-state index >= 15 is 0 Å². The number of nitrogens with zero attached hydrogens (tertiary/aromatic N) is 1. The van der Waals surface area contributed by atoms with Gasteiger partial charge in [-0.2, -0.15) is 5.10 Å². The molecule has 2 N–H and O–H groups in total. The molecule has 0 atom stereocenters. The molecule has 0 aromatic heterocycles. The Balaban J connectivity index is 1.58. The molecule has 0 radical (unpaired) electrons. The third kappa shape index (κ3) is 3.68. The van der Waals surface area contributed by atoms with E-state index < -0.39 is 0 Å². The average molecular weight is 285 g/mol. The van der Waals surface area contributed by atoms with Gasteiger partial charge in [-0.1, -0.05) is 12.1 Å². The number of anilines is 1. The van der Waals surface area contributed by atoms with Gasteiger partial charge < -0.3 is 5.32 Å². The number of rotatable bonds is 5. The van der Waals surface area contributed by atoms with Crippen LogP contribution in [0.2, 0.25) is 0 Å². The maximum atomic E-state index is 11.7. The molecule has 2 fully saturated rings. The monoisotopic (exact) mass is 285 g/mol. The second kappa shape index (κ2) is 5.68. The lowest BCUT2D eigenvalue weighted by Crippen LogP contribution is -2.20. The number of benzene rings is 1. The van der Waals surface area contributed by atoms with Crippen molar-refractivity contribution in [3.8, 4) is 0 Å². The molecule has 0 unspecified atom stereocenters. The molecule has 5 nitrogen and oxygen atoms in total. The first kappa shape index (κ1) is 13.8. The zero-order valence-electron chi connectivity index (χ0n) is 12.1. The van der Waals surface area contributed by atoms with Crippen LogP contribution in [0.1, 0.15) is 38.2 Å². The van der Waals surface area contributed by atoms with Gasteiger partial charge in [-0.15, -0.1) is 0 Å². The van der Waals surface area contributed by atoms with E-state index in [4.69, 9.17) is 0 Å². The maximum absolute atomic E-state index is 11.7. The molecule has 21 heavy (non-hydrogen) atoms. The fourth-order valence-electron chi connectivity index (χ4n) is 2.02. The lowest BCUT2D eigenvalue weighted by Gasteiger charge is -2.06. The molecule has 2 aliphatic rings. The van der Waals surface area contributed by atoms with Gasteiger partial charge in [0.05, 0.1) is 5.71 Å². The van der Waals surface area contributed by atoms with E-state index in [0.717, 1.165) is 42.6 Å². The standard InChI is InChI=1S/C16H19N3O2/c1-10(18-19-16(21)13-4-5-13)11-6-8-14(9-7-11)17-15(20)12-2-3-12/h6-9,12-13H,2-5H2,1H3,(H,17,20)(H,19,21)/b18-10+. The Morgan fingerprint density at radius 2 is 1.57 bits per heavy atom. The summed E-state index contributed by atoms with van der Waals surface area (Å²) in [7, 11) is 0. The van der Waals surface area contributed by atoms with Gasteiger partial charge in [-0.3, -0.25) is 9.59 Å². The SMILES string of the molecule is C/C(=N\NC(=O)C1CC1)c1ccc(NC(=O)C2CC2)cc1. The van der Waals surface area contributed by atoms with Gasteiger partial charge in [0.2, 0.25) is 11.8 Å². The summed E-state index contributed by atoms with van der Waals surface area (Å²) in [6, 6.07) is 7.50. The molecular formula is C16H19N3O2. The topological polar surface area (TPSA) is 70.6 Å². The lowest BCUT2D eigenvalue weighted by molar-refractivity contribution is -0.122. The molecule has 2 aliphatic carbocycles. The smallest absolute Gasteiger partial charge is 0.243 e. The van der Waals surface area contributed by atoms with Gasteiger partial charge in [-0.05, 0) is 50.3 Å². The Kier molecular flexibility index (Phi) is 3.73. The first-order valence-corrected chi connectivity index (χ1v) is 7.39. The van der Waals surface area contributed by atoms with Crippen LogP contribution in [0.5, 0.6) is 0 Å². The number of hydrazone groups is 1. The molecule has 0 heterocycles. The number of hydrogen-bond acceptors (Lipinski definition) is 3. The first-order chi connectivity index (χ1) is 10.1. The van der Waals surface area contributed by atoms with Crippen molar-refractivity contribution in [2.45, 2.75) is 32.6 Å². The highest BCUT2D eigenvalue weighted by Crippen LogP contribution is 2.30. The van der Waals surface area contributed by atoms with Crippen LogP contribution in [0.25, 0.3) is 0 Å². The number of nitrogens with one attached hydrogen (secondary N) is 2. The van der Waals surface area contributed by atoms with Crippen LogP contribution < -0.4 is 10.7 Å². The highest BCUT2D eigenvalue weighted by molar-refractivity contribution is 6.00. The Labute approximate surface area is 123 Å². The van der Waals surface area contributed by atoms with E-state index in [0.29, 0.717) is 0 Å². The molecule has 3 rings (SSSR count). The van der Waals surface area contributed by atoms with Crippen molar-refractivity contribution in [3.05, 3.63) is 29.8 Å². The zero-order chi connectivity index (χ0) is 14.8. The second-order valence-corrected chi connectivity index (χ2v) is 5.79. The summed E-state index contributed by atoms with van der Waals surface area (Å²) >= 11 is 0. The maximum Gasteiger partial charge on any atom is 0.243 e. The molecule has 0 saturated heterocycles. The van der Waals surface area contributed by atoms with Crippen LogP contribution in [-0.2, 0) is 9.59 Å². The van der Waals surface area contributed by atoms with E-state index in [2.05, 4.69) is 15.8 Å². The van der Waals surface area contributed by atoms with Crippen molar-refractivity contribution in [1.29, 1.82) is 0 Å². The summed E-state index contributed by atoms with van der Waals surface area (Å²) in [5.74, 6) is 0.458. The van der Waals surface area contributed by atoms with E-state index in [1.54, 1.807) is 0 Å². The minimum Gasteiger partial charge on any atom is -0.326 e. The van der Waals surface area contributed by atoms with Crippen molar-refractivity contribution in [1.82, 2.24) is 5.43 Å². The lowest BCUT2D eigenvalue weighted by atomic mass is 10.1. The van der Waals surface area contributed by atoms with Crippen LogP contribution in [0.3, 0.4) is 0 Å². The van der Waals surface area contributed by atoms with Crippen molar-refractivity contribution < 1.29 is 9.59 Å². The molecule has 2 saturated carbocycles. The Morgan fingerprint density at radius 3 is 2.14 bits per heavy atom. The quantitative estimate of drug-likeness (QED) is 0.643. The van der Waals surface area contributed by atoms with Crippen molar-refractivity contribution in [3.63, 3.8) is 0 Å². The molecule has 5 heteroatoms. The minimum atomic E-state index is 0.00247. The van der Waals surface area contributed by atoms with Gasteiger partial charge in [0.15, 0.2) is 0 Å². The number of amides is 2. The molecule has 1 aromatic rings. The highest BCUT2D eigenvalue weighted by Gasteiger charge is 2.30. The third-order valence-corrected chi connectivity index (χ3v) is 3.80. The van der Waals surface area contributed by atoms with Crippen LogP contribution in [0.15, 0.2) is 29.4 Å². The summed E-state index contributed by atoms with van der Waals surface area (Å²) in [4.78, 5) is 23.2. The fourth-order valence-corrected chi connectivity index (χ4v) is 2.02. The molecule has 2 amide bonds. The molecule has 0 bridgehead atoms. The van der Waals surface area contributed by atoms with Crippen LogP contribution >= 0.6 is 0 Å². The largest absolute Gasteiger partial charge is 0.326 e. The van der Waals surface area contributed by atoms with Crippen LogP contribution in [0, 0.1) is 11.8 Å². The van der Waals surface area contributed by atoms with Crippen LogP contribution in [-0.4, -0.2) is 17.5 Å². The Bertz CT molecular complexity index is 584. The Morgan fingerprint density at radius 1 is 1.00 bits per heavy atom. The first-order valence-electron chi connectivity index (χ1n) is 7.39. The molecule has 110 valence electrons. The number of carbonyl (C=O) groups excluding carboxylic acids is 2. The third-order valence-electron chi connectivity index (χ3n) is 3.80. The average Bonchev–Trinajstić information content (AvgIpc) is 3.37. The van der Waals surface area contributed by atoms with Crippen molar-refractivity contribution in [2.75, 3.05) is 5.32 Å². The Hall–Kier alpha value is -2.17. The molecule has 0 spiro atoms. The predicted octanol–water partition coefficient (Wildman–Crippen LogP) is 2.29. The van der Waals surface area contributed by atoms with Gasteiger partial charge in [-0.25, -0.2) is 5.43 Å². The van der Waals surface area contributed by atoms with Gasteiger partial charge in [0.25, 0.3) is 0 Å². The summed E-state index contributed by atoms with van der Waals surface area (Å²) in [6.07, 6.45) is 3.93. The van der Waals surface area contributed by atoms with Crippen molar-refractivity contribution in [2.24, 2.45) is 16.9 Å².